The van der Waals surface area contributed by atoms with Crippen LogP contribution in [0, 0.1) is 5.92 Å². The van der Waals surface area contributed by atoms with E-state index in [2.05, 4.69) is 22.9 Å². The second kappa shape index (κ2) is 29.9. The van der Waals surface area contributed by atoms with E-state index in [-0.39, 0.29) is 53.4 Å². The highest BCUT2D eigenvalue weighted by Gasteiger charge is 2.34. The molecule has 3 rings (SSSR count). The standard InChI is InChI=1S/C53H78N6O12/c1-8-9-10-11-12-13-14-15-16-17-18-19-20-21-47(66)58(6)41(33-60)52(70)55-35(3)42(61)26-27-48(67)59(7)49-37-23-25-44(63)39(31-37)38-29-36(22-24-43(38)62)30-40(56-50(68)34(2)28-45(49)64)51(69)54-32-46(65)53(71)57(4)5/h22-25,29,31,34-35,40-41,49,60,62-63H,8-21,26-28,30,32-33H2,1-7H3,(H,54,69)(H,55,70)(H,56,68)/t34-,35-,40?,41?,49+/m1/s1. The molecule has 5 atom stereocenters. The van der Waals surface area contributed by atoms with Crippen molar-refractivity contribution in [2.45, 2.75) is 161 Å². The average molecular weight is 991 g/mol. The topological polar surface area (TPSA) is 260 Å². The van der Waals surface area contributed by atoms with Crippen molar-refractivity contribution in [3.05, 3.63) is 47.5 Å². The Kier molecular flexibility index (Phi) is 24.9. The molecule has 1 aliphatic heterocycles. The minimum absolute atomic E-state index is 0.0799. The van der Waals surface area contributed by atoms with E-state index in [1.54, 1.807) is 0 Å². The largest absolute Gasteiger partial charge is 0.507 e. The number of phenolic OH excluding ortho intramolecular Hbond substituents is 2. The number of aliphatic hydroxyl groups is 1. The van der Waals surface area contributed by atoms with Crippen LogP contribution in [0.4, 0.5) is 0 Å². The van der Waals surface area contributed by atoms with Gasteiger partial charge in [0.25, 0.3) is 5.91 Å². The lowest BCUT2D eigenvalue weighted by molar-refractivity contribution is -0.143. The zero-order valence-electron chi connectivity index (χ0n) is 42.9. The average Bonchev–Trinajstić information content (AvgIpc) is 3.33. The molecule has 6 amide bonds. The zero-order chi connectivity index (χ0) is 52.8. The molecule has 1 aliphatic rings. The number of Topliss-reactive ketones (excluding diaryl/α,β-unsaturated/α-hetero) is 3. The number of aliphatic hydroxyl groups excluding tert-OH is 1. The van der Waals surface area contributed by atoms with Crippen molar-refractivity contribution >= 4 is 52.8 Å². The Morgan fingerprint density at radius 1 is 0.732 bits per heavy atom. The van der Waals surface area contributed by atoms with Gasteiger partial charge in [0.2, 0.25) is 35.3 Å². The molecule has 1 heterocycles. The molecule has 0 fully saturated rings. The predicted molar refractivity (Wildman–Crippen MR) is 268 cm³/mol. The highest BCUT2D eigenvalue weighted by molar-refractivity contribution is 6.37. The summed E-state index contributed by atoms with van der Waals surface area (Å²) < 4.78 is 0. The van der Waals surface area contributed by atoms with Gasteiger partial charge < -0.3 is 46.0 Å². The van der Waals surface area contributed by atoms with E-state index in [1.165, 1.54) is 141 Å². The molecular formula is C53H78N6O12. The monoisotopic (exact) mass is 991 g/mol. The molecule has 2 unspecified atom stereocenters. The first-order chi connectivity index (χ1) is 33.7. The van der Waals surface area contributed by atoms with Crippen LogP contribution in [0.3, 0.4) is 0 Å². The lowest BCUT2D eigenvalue weighted by atomic mass is 9.89. The predicted octanol–water partition coefficient (Wildman–Crippen LogP) is 4.83. The van der Waals surface area contributed by atoms with Crippen molar-refractivity contribution in [1.82, 2.24) is 30.7 Å². The van der Waals surface area contributed by atoms with Gasteiger partial charge in [0.15, 0.2) is 11.6 Å². The lowest BCUT2D eigenvalue weighted by Gasteiger charge is -2.30. The summed E-state index contributed by atoms with van der Waals surface area (Å²) in [6.07, 6.45) is 13.9. The van der Waals surface area contributed by atoms with Gasteiger partial charge in [-0.2, -0.15) is 0 Å². The van der Waals surface area contributed by atoms with Crippen molar-refractivity contribution in [2.75, 3.05) is 41.3 Å². The quantitative estimate of drug-likeness (QED) is 0.0520. The highest BCUT2D eigenvalue weighted by Crippen LogP contribution is 2.39. The van der Waals surface area contributed by atoms with E-state index in [4.69, 9.17) is 0 Å². The fourth-order valence-electron chi connectivity index (χ4n) is 8.55. The van der Waals surface area contributed by atoms with Crippen molar-refractivity contribution in [2.24, 2.45) is 5.92 Å². The van der Waals surface area contributed by atoms with Gasteiger partial charge in [-0.15, -0.1) is 0 Å². The Morgan fingerprint density at radius 2 is 1.30 bits per heavy atom. The van der Waals surface area contributed by atoms with Crippen LogP contribution in [0.2, 0.25) is 0 Å². The van der Waals surface area contributed by atoms with Crippen LogP contribution in [0.25, 0.3) is 11.1 Å². The maximum atomic E-state index is 14.3. The maximum absolute atomic E-state index is 14.3. The summed E-state index contributed by atoms with van der Waals surface area (Å²) in [4.78, 5) is 123. The summed E-state index contributed by atoms with van der Waals surface area (Å²) in [6.45, 7) is 3.78. The number of hydrogen-bond acceptors (Lipinski definition) is 12. The third-order valence-electron chi connectivity index (χ3n) is 13.1. The number of likely N-dealkylation sites (N-methyl/N-ethyl adjacent to an activating group) is 3. The first kappa shape index (κ1) is 59.1. The molecular weight excluding hydrogens is 913 g/mol. The van der Waals surface area contributed by atoms with Crippen molar-refractivity contribution in [1.29, 1.82) is 0 Å². The fraction of sp³-hybridized carbons (Fsp3) is 0.604. The molecule has 0 radical (unpaired) electrons. The van der Waals surface area contributed by atoms with E-state index >= 15 is 0 Å². The van der Waals surface area contributed by atoms with Crippen molar-refractivity contribution < 1.29 is 58.5 Å². The van der Waals surface area contributed by atoms with Gasteiger partial charge in [0.05, 0.1) is 19.2 Å². The smallest absolute Gasteiger partial charge is 0.291 e. The number of carbonyl (C=O) groups excluding carboxylic acids is 9. The number of ketones is 3. The van der Waals surface area contributed by atoms with E-state index in [0.717, 1.165) is 29.1 Å². The Bertz CT molecular complexity index is 2180. The number of hydrogen-bond donors (Lipinski definition) is 6. The van der Waals surface area contributed by atoms with Gasteiger partial charge in [-0.1, -0.05) is 103 Å². The van der Waals surface area contributed by atoms with Crippen LogP contribution < -0.4 is 16.0 Å². The molecule has 2 aromatic rings. The maximum Gasteiger partial charge on any atom is 0.291 e. The van der Waals surface area contributed by atoms with Gasteiger partial charge in [0.1, 0.15) is 29.6 Å². The molecule has 392 valence electrons. The molecule has 71 heavy (non-hydrogen) atoms. The van der Waals surface area contributed by atoms with Gasteiger partial charge in [-0.25, -0.2) is 0 Å². The second-order valence-electron chi connectivity index (χ2n) is 19.1. The number of amides is 6. The van der Waals surface area contributed by atoms with E-state index < -0.39 is 103 Å². The minimum atomic E-state index is -1.37. The van der Waals surface area contributed by atoms with E-state index in [0.29, 0.717) is 12.0 Å². The summed E-state index contributed by atoms with van der Waals surface area (Å²) in [5.74, 6) is -7.72. The lowest BCUT2D eigenvalue weighted by Crippen LogP contribution is -2.53. The van der Waals surface area contributed by atoms with Gasteiger partial charge in [-0.05, 0) is 48.7 Å². The van der Waals surface area contributed by atoms with Crippen LogP contribution >= 0.6 is 0 Å². The van der Waals surface area contributed by atoms with E-state index in [1.807, 2.05) is 0 Å². The SMILES string of the molecule is CCCCCCCCCCCCCCCC(=O)N(C)C(CO)C(=O)N[C@H](C)C(=O)CCC(=O)N(C)[C@@H]1C(=O)C[C@@H](C)C(=O)NC(C(=O)NCC(=O)C(=O)N(C)C)Cc2ccc(O)c(c2)-c2cc1ccc2O. The number of nitrogens with one attached hydrogen (secondary N) is 3. The number of phenols is 2. The molecule has 2 aromatic carbocycles. The van der Waals surface area contributed by atoms with Crippen LogP contribution in [0.15, 0.2) is 36.4 Å². The van der Waals surface area contributed by atoms with Crippen LogP contribution in [-0.2, 0) is 49.6 Å². The van der Waals surface area contributed by atoms with Crippen molar-refractivity contribution in [3.63, 3.8) is 0 Å². The number of carbonyl (C=O) groups is 9. The van der Waals surface area contributed by atoms with Crippen LogP contribution in [0.5, 0.6) is 11.5 Å². The number of benzene rings is 2. The first-order valence-electron chi connectivity index (χ1n) is 25.2. The summed E-state index contributed by atoms with van der Waals surface area (Å²) in [5, 5.41) is 39.7. The molecule has 18 heteroatoms. The molecule has 0 saturated heterocycles. The summed E-state index contributed by atoms with van der Waals surface area (Å²) >= 11 is 0. The van der Waals surface area contributed by atoms with Crippen molar-refractivity contribution in [3.8, 4) is 22.6 Å². The van der Waals surface area contributed by atoms with Gasteiger partial charge >= 0.3 is 0 Å². The normalized spacial score (nSPS) is 16.6. The summed E-state index contributed by atoms with van der Waals surface area (Å²) in [5.41, 5.74) is 0.819. The molecule has 0 aromatic heterocycles. The van der Waals surface area contributed by atoms with Crippen LogP contribution in [-0.4, -0.2) is 142 Å². The van der Waals surface area contributed by atoms with Crippen LogP contribution in [0.1, 0.15) is 147 Å². The third kappa shape index (κ3) is 18.5. The number of fused-ring (bicyclic) bond motifs is 5. The molecule has 18 nitrogen and oxygen atoms in total. The molecule has 4 bridgehead atoms. The molecule has 6 N–H and O–H groups in total. The second-order valence-corrected chi connectivity index (χ2v) is 19.1. The summed E-state index contributed by atoms with van der Waals surface area (Å²) in [7, 11) is 5.54. The Hall–Kier alpha value is -6.17. The fourth-order valence-corrected chi connectivity index (χ4v) is 8.55. The Labute approximate surface area is 418 Å². The van der Waals surface area contributed by atoms with Gasteiger partial charge in [-0.3, -0.25) is 43.2 Å². The number of unbranched alkanes of at least 4 members (excludes halogenated alkanes) is 12. The molecule has 0 spiro atoms. The highest BCUT2D eigenvalue weighted by atomic mass is 16.3. The van der Waals surface area contributed by atoms with Gasteiger partial charge in [0, 0.05) is 77.3 Å². The summed E-state index contributed by atoms with van der Waals surface area (Å²) in [6, 6.07) is 3.42. The van der Waals surface area contributed by atoms with E-state index in [9.17, 15) is 58.5 Å². The number of rotatable bonds is 27. The zero-order valence-corrected chi connectivity index (χ0v) is 42.9. The Balaban J connectivity index is 1.67. The third-order valence-corrected chi connectivity index (χ3v) is 13.1. The first-order valence-corrected chi connectivity index (χ1v) is 25.2. The number of nitrogens with zero attached hydrogens (tertiary/aromatic N) is 3. The molecule has 0 saturated carbocycles. The molecule has 0 aliphatic carbocycles. The number of aromatic hydroxyl groups is 2. The Morgan fingerprint density at radius 3 is 1.87 bits per heavy atom. The minimum Gasteiger partial charge on any atom is -0.507 e.